The maximum atomic E-state index is 4.17. The summed E-state index contributed by atoms with van der Waals surface area (Å²) in [5.74, 6) is 3.00. The standard InChI is InChI=1S/C12H22N4/c1-4-11(7-10-5-6-10)13-8-12-15-14-9(2)16(12)3/h10-11,13H,4-8H2,1-3H3. The van der Waals surface area contributed by atoms with Gasteiger partial charge in [0.1, 0.15) is 11.6 Å². The van der Waals surface area contributed by atoms with Crippen molar-refractivity contribution >= 4 is 0 Å². The highest BCUT2D eigenvalue weighted by molar-refractivity contribution is 4.92. The van der Waals surface area contributed by atoms with Crippen LogP contribution in [0.15, 0.2) is 0 Å². The van der Waals surface area contributed by atoms with Crippen molar-refractivity contribution in [2.24, 2.45) is 13.0 Å². The summed E-state index contributed by atoms with van der Waals surface area (Å²) in [6, 6.07) is 0.643. The molecule has 0 amide bonds. The van der Waals surface area contributed by atoms with Crippen LogP contribution in [0.4, 0.5) is 0 Å². The number of rotatable bonds is 6. The molecule has 4 heteroatoms. The predicted octanol–water partition coefficient (Wildman–Crippen LogP) is 1.79. The number of aromatic nitrogens is 3. The van der Waals surface area contributed by atoms with Gasteiger partial charge in [-0.3, -0.25) is 0 Å². The van der Waals surface area contributed by atoms with Crippen LogP contribution < -0.4 is 5.32 Å². The zero-order valence-corrected chi connectivity index (χ0v) is 10.5. The van der Waals surface area contributed by atoms with Crippen molar-refractivity contribution in [3.63, 3.8) is 0 Å². The van der Waals surface area contributed by atoms with E-state index in [0.717, 1.165) is 24.1 Å². The van der Waals surface area contributed by atoms with E-state index in [1.165, 1.54) is 25.7 Å². The van der Waals surface area contributed by atoms with Crippen molar-refractivity contribution < 1.29 is 0 Å². The van der Waals surface area contributed by atoms with E-state index in [9.17, 15) is 0 Å². The molecule has 1 N–H and O–H groups in total. The molecule has 2 rings (SSSR count). The summed E-state index contributed by atoms with van der Waals surface area (Å²) in [4.78, 5) is 0. The Kier molecular flexibility index (Phi) is 3.59. The smallest absolute Gasteiger partial charge is 0.146 e. The molecule has 1 fully saturated rings. The lowest BCUT2D eigenvalue weighted by molar-refractivity contribution is 0.435. The Balaban J connectivity index is 1.82. The fourth-order valence-electron chi connectivity index (χ4n) is 1.99. The van der Waals surface area contributed by atoms with Crippen LogP contribution >= 0.6 is 0 Å². The van der Waals surface area contributed by atoms with E-state index in [0.29, 0.717) is 6.04 Å². The van der Waals surface area contributed by atoms with Gasteiger partial charge in [0.25, 0.3) is 0 Å². The number of nitrogens with zero attached hydrogens (tertiary/aromatic N) is 3. The Bertz CT molecular complexity index is 341. The van der Waals surface area contributed by atoms with Crippen molar-refractivity contribution in [2.45, 2.75) is 52.1 Å². The molecule has 1 unspecified atom stereocenters. The van der Waals surface area contributed by atoms with Gasteiger partial charge in [0.15, 0.2) is 0 Å². The molecule has 0 bridgehead atoms. The molecule has 1 atom stereocenters. The van der Waals surface area contributed by atoms with Crippen LogP contribution in [0.2, 0.25) is 0 Å². The van der Waals surface area contributed by atoms with Crippen molar-refractivity contribution in [1.82, 2.24) is 20.1 Å². The van der Waals surface area contributed by atoms with Gasteiger partial charge in [0.2, 0.25) is 0 Å². The molecule has 16 heavy (non-hydrogen) atoms. The van der Waals surface area contributed by atoms with E-state index in [1.54, 1.807) is 0 Å². The molecule has 1 heterocycles. The fraction of sp³-hybridized carbons (Fsp3) is 0.833. The topological polar surface area (TPSA) is 42.7 Å². The fourth-order valence-corrected chi connectivity index (χ4v) is 1.99. The largest absolute Gasteiger partial charge is 0.317 e. The zero-order chi connectivity index (χ0) is 11.5. The molecule has 0 aliphatic heterocycles. The van der Waals surface area contributed by atoms with Gasteiger partial charge < -0.3 is 9.88 Å². The minimum atomic E-state index is 0.643. The van der Waals surface area contributed by atoms with Gasteiger partial charge in [-0.05, 0) is 25.7 Å². The van der Waals surface area contributed by atoms with Crippen LogP contribution in [0.5, 0.6) is 0 Å². The first kappa shape index (κ1) is 11.6. The molecule has 1 aromatic rings. The number of hydrogen-bond acceptors (Lipinski definition) is 3. The molecule has 1 aliphatic carbocycles. The summed E-state index contributed by atoms with van der Waals surface area (Å²) in [6.07, 6.45) is 5.39. The molecule has 0 spiro atoms. The number of hydrogen-bond donors (Lipinski definition) is 1. The van der Waals surface area contributed by atoms with Gasteiger partial charge in [-0.25, -0.2) is 0 Å². The highest BCUT2D eigenvalue weighted by Gasteiger charge is 2.24. The lowest BCUT2D eigenvalue weighted by atomic mass is 10.1. The Morgan fingerprint density at radius 2 is 2.19 bits per heavy atom. The SMILES string of the molecule is CCC(CC1CC1)NCc1nnc(C)n1C. The van der Waals surface area contributed by atoms with E-state index in [2.05, 4.69) is 27.0 Å². The number of nitrogens with one attached hydrogen (secondary N) is 1. The molecule has 1 saturated carbocycles. The first-order valence-electron chi connectivity index (χ1n) is 6.29. The van der Waals surface area contributed by atoms with E-state index in [4.69, 9.17) is 0 Å². The minimum Gasteiger partial charge on any atom is -0.317 e. The highest BCUT2D eigenvalue weighted by atomic mass is 15.3. The first-order valence-corrected chi connectivity index (χ1v) is 6.29. The third kappa shape index (κ3) is 2.82. The van der Waals surface area contributed by atoms with Crippen molar-refractivity contribution in [3.05, 3.63) is 11.6 Å². The second-order valence-electron chi connectivity index (χ2n) is 4.89. The van der Waals surface area contributed by atoms with E-state index in [1.807, 2.05) is 14.0 Å². The predicted molar refractivity (Wildman–Crippen MR) is 64.0 cm³/mol. The molecule has 0 radical (unpaired) electrons. The quantitative estimate of drug-likeness (QED) is 0.798. The van der Waals surface area contributed by atoms with Crippen LogP contribution in [-0.4, -0.2) is 20.8 Å². The van der Waals surface area contributed by atoms with Crippen LogP contribution in [-0.2, 0) is 13.6 Å². The maximum absolute atomic E-state index is 4.17. The average Bonchev–Trinajstić information content (AvgIpc) is 3.04. The van der Waals surface area contributed by atoms with Gasteiger partial charge >= 0.3 is 0 Å². The van der Waals surface area contributed by atoms with Crippen LogP contribution in [0.1, 0.15) is 44.3 Å². The second-order valence-corrected chi connectivity index (χ2v) is 4.89. The summed E-state index contributed by atoms with van der Waals surface area (Å²) >= 11 is 0. The van der Waals surface area contributed by atoms with Gasteiger partial charge in [-0.2, -0.15) is 0 Å². The summed E-state index contributed by atoms with van der Waals surface area (Å²) < 4.78 is 2.05. The summed E-state index contributed by atoms with van der Waals surface area (Å²) in [6.45, 7) is 5.07. The highest BCUT2D eigenvalue weighted by Crippen LogP contribution is 2.34. The average molecular weight is 222 g/mol. The van der Waals surface area contributed by atoms with Crippen molar-refractivity contribution in [1.29, 1.82) is 0 Å². The van der Waals surface area contributed by atoms with Crippen LogP contribution in [0.3, 0.4) is 0 Å². The molecular weight excluding hydrogens is 200 g/mol. The summed E-state index contributed by atoms with van der Waals surface area (Å²) in [5.41, 5.74) is 0. The number of aryl methyl sites for hydroxylation is 1. The van der Waals surface area contributed by atoms with Crippen LogP contribution in [0.25, 0.3) is 0 Å². The molecular formula is C12H22N4. The van der Waals surface area contributed by atoms with Gasteiger partial charge in [-0.15, -0.1) is 10.2 Å². The van der Waals surface area contributed by atoms with Crippen molar-refractivity contribution in [3.8, 4) is 0 Å². The van der Waals surface area contributed by atoms with Gasteiger partial charge in [0, 0.05) is 13.1 Å². The second kappa shape index (κ2) is 4.95. The third-order valence-corrected chi connectivity index (χ3v) is 3.54. The molecule has 90 valence electrons. The zero-order valence-electron chi connectivity index (χ0n) is 10.5. The Labute approximate surface area is 97.5 Å². The maximum Gasteiger partial charge on any atom is 0.146 e. The minimum absolute atomic E-state index is 0.643. The lowest BCUT2D eigenvalue weighted by Crippen LogP contribution is -2.29. The first-order chi connectivity index (χ1) is 7.70. The molecule has 0 saturated heterocycles. The van der Waals surface area contributed by atoms with Crippen LogP contribution in [0, 0.1) is 12.8 Å². The molecule has 1 aromatic heterocycles. The molecule has 1 aliphatic rings. The van der Waals surface area contributed by atoms with E-state index >= 15 is 0 Å². The Hall–Kier alpha value is -0.900. The van der Waals surface area contributed by atoms with Gasteiger partial charge in [0.05, 0.1) is 6.54 Å². The summed E-state index contributed by atoms with van der Waals surface area (Å²) in [7, 11) is 2.02. The van der Waals surface area contributed by atoms with E-state index < -0.39 is 0 Å². The summed E-state index contributed by atoms with van der Waals surface area (Å²) in [5, 5.41) is 11.8. The Morgan fingerprint density at radius 3 is 2.69 bits per heavy atom. The normalized spacial score (nSPS) is 17.7. The van der Waals surface area contributed by atoms with Gasteiger partial charge in [-0.1, -0.05) is 19.8 Å². The van der Waals surface area contributed by atoms with Crippen molar-refractivity contribution in [2.75, 3.05) is 0 Å². The Morgan fingerprint density at radius 1 is 1.44 bits per heavy atom. The molecule has 0 aromatic carbocycles. The molecule has 4 nitrogen and oxygen atoms in total. The van der Waals surface area contributed by atoms with E-state index in [-0.39, 0.29) is 0 Å². The third-order valence-electron chi connectivity index (χ3n) is 3.54. The monoisotopic (exact) mass is 222 g/mol. The lowest BCUT2D eigenvalue weighted by Gasteiger charge is -2.16.